The number of rotatable bonds is 4. The maximum absolute atomic E-state index is 5.46. The zero-order valence-corrected chi connectivity index (χ0v) is 11.3. The number of hydrogen-bond donors (Lipinski definition) is 1. The largest absolute Gasteiger partial charge is 0.493 e. The molecule has 0 amide bonds. The highest BCUT2D eigenvalue weighted by molar-refractivity contribution is 9.10. The Morgan fingerprint density at radius 1 is 1.38 bits per heavy atom. The van der Waals surface area contributed by atoms with Crippen molar-refractivity contribution >= 4 is 22.0 Å². The van der Waals surface area contributed by atoms with Gasteiger partial charge in [0, 0.05) is 16.6 Å². The van der Waals surface area contributed by atoms with Crippen molar-refractivity contribution in [2.45, 2.75) is 6.92 Å². The van der Waals surface area contributed by atoms with Crippen molar-refractivity contribution in [3.05, 3.63) is 27.7 Å². The molecule has 0 fully saturated rings. The summed E-state index contributed by atoms with van der Waals surface area (Å²) in [6, 6.07) is 1.90. The summed E-state index contributed by atoms with van der Waals surface area (Å²) in [5.41, 5.74) is 7.54. The van der Waals surface area contributed by atoms with Crippen LogP contribution in [0.15, 0.2) is 16.6 Å². The number of ether oxygens (including phenoxy) is 2. The van der Waals surface area contributed by atoms with Crippen molar-refractivity contribution in [1.82, 2.24) is 0 Å². The van der Waals surface area contributed by atoms with Crippen molar-refractivity contribution in [1.29, 1.82) is 0 Å². The summed E-state index contributed by atoms with van der Waals surface area (Å²) in [5.74, 6) is 1.43. The van der Waals surface area contributed by atoms with Crippen LogP contribution in [0, 0.1) is 6.92 Å². The van der Waals surface area contributed by atoms with Crippen LogP contribution in [0.4, 0.5) is 0 Å². The van der Waals surface area contributed by atoms with E-state index in [0.717, 1.165) is 21.3 Å². The van der Waals surface area contributed by atoms with Gasteiger partial charge in [-0.25, -0.2) is 0 Å². The van der Waals surface area contributed by atoms with Crippen molar-refractivity contribution < 1.29 is 9.47 Å². The van der Waals surface area contributed by atoms with Gasteiger partial charge in [-0.15, -0.1) is 0 Å². The summed E-state index contributed by atoms with van der Waals surface area (Å²) < 4.78 is 11.6. The molecule has 0 aliphatic heterocycles. The topological polar surface area (TPSA) is 44.5 Å². The summed E-state index contributed by atoms with van der Waals surface area (Å²) in [5, 5.41) is 0. The van der Waals surface area contributed by atoms with E-state index in [9.17, 15) is 0 Å². The van der Waals surface area contributed by atoms with Crippen LogP contribution < -0.4 is 15.2 Å². The van der Waals surface area contributed by atoms with Crippen molar-refractivity contribution in [2.75, 3.05) is 20.8 Å². The lowest BCUT2D eigenvalue weighted by Crippen LogP contribution is -1.97. The van der Waals surface area contributed by atoms with E-state index in [-0.39, 0.29) is 0 Å². The summed E-state index contributed by atoms with van der Waals surface area (Å²) in [6.45, 7) is 2.51. The van der Waals surface area contributed by atoms with Gasteiger partial charge in [0.25, 0.3) is 0 Å². The van der Waals surface area contributed by atoms with Gasteiger partial charge in [0.05, 0.1) is 14.2 Å². The van der Waals surface area contributed by atoms with Crippen molar-refractivity contribution in [3.8, 4) is 11.5 Å². The fourth-order valence-corrected chi connectivity index (χ4v) is 1.89. The van der Waals surface area contributed by atoms with Gasteiger partial charge in [0.15, 0.2) is 11.5 Å². The first-order valence-corrected chi connectivity index (χ1v) is 5.72. The summed E-state index contributed by atoms with van der Waals surface area (Å²) in [4.78, 5) is 0. The normalized spacial score (nSPS) is 10.8. The van der Waals surface area contributed by atoms with Crippen LogP contribution in [0.3, 0.4) is 0 Å². The third kappa shape index (κ3) is 2.57. The van der Waals surface area contributed by atoms with E-state index < -0.39 is 0 Å². The molecule has 0 aliphatic carbocycles. The van der Waals surface area contributed by atoms with Crippen molar-refractivity contribution in [2.24, 2.45) is 5.73 Å². The molecule has 16 heavy (non-hydrogen) atoms. The van der Waals surface area contributed by atoms with E-state index in [0.29, 0.717) is 12.3 Å². The number of hydrogen-bond acceptors (Lipinski definition) is 3. The van der Waals surface area contributed by atoms with Gasteiger partial charge >= 0.3 is 0 Å². The molecule has 0 saturated heterocycles. The summed E-state index contributed by atoms with van der Waals surface area (Å²) in [6.07, 6.45) is 3.83. The molecule has 1 aromatic carbocycles. The third-order valence-electron chi connectivity index (χ3n) is 2.33. The predicted octanol–water partition coefficient (Wildman–Crippen LogP) is 2.75. The van der Waals surface area contributed by atoms with Crippen LogP contribution in [0.2, 0.25) is 0 Å². The van der Waals surface area contributed by atoms with Crippen LogP contribution in [-0.4, -0.2) is 20.8 Å². The van der Waals surface area contributed by atoms with Crippen LogP contribution in [-0.2, 0) is 0 Å². The van der Waals surface area contributed by atoms with Crippen LogP contribution in [0.1, 0.15) is 11.1 Å². The quantitative estimate of drug-likeness (QED) is 0.925. The van der Waals surface area contributed by atoms with Crippen molar-refractivity contribution in [3.63, 3.8) is 0 Å². The first-order valence-electron chi connectivity index (χ1n) is 4.93. The zero-order valence-electron chi connectivity index (χ0n) is 9.71. The Labute approximate surface area is 104 Å². The molecular formula is C12H16BrNO2. The molecule has 0 heterocycles. The van der Waals surface area contributed by atoms with Gasteiger partial charge < -0.3 is 15.2 Å². The second-order valence-electron chi connectivity index (χ2n) is 3.27. The predicted molar refractivity (Wildman–Crippen MR) is 70.1 cm³/mol. The molecule has 0 unspecified atom stereocenters. The molecule has 0 bridgehead atoms. The molecule has 0 atom stereocenters. The number of benzene rings is 1. The minimum Gasteiger partial charge on any atom is -0.493 e. The molecule has 88 valence electrons. The highest BCUT2D eigenvalue weighted by Crippen LogP contribution is 2.38. The van der Waals surface area contributed by atoms with E-state index in [1.54, 1.807) is 14.2 Å². The molecule has 0 aliphatic rings. The molecular weight excluding hydrogens is 270 g/mol. The average Bonchev–Trinajstić information content (AvgIpc) is 2.30. The second-order valence-corrected chi connectivity index (χ2v) is 4.12. The molecule has 0 spiro atoms. The van der Waals surface area contributed by atoms with Gasteiger partial charge in [-0.3, -0.25) is 0 Å². The van der Waals surface area contributed by atoms with Gasteiger partial charge in [-0.1, -0.05) is 28.1 Å². The first kappa shape index (κ1) is 13.1. The summed E-state index contributed by atoms with van der Waals surface area (Å²) in [7, 11) is 3.25. The smallest absolute Gasteiger partial charge is 0.168 e. The number of halogens is 1. The monoisotopic (exact) mass is 285 g/mol. The van der Waals surface area contributed by atoms with Gasteiger partial charge in [0.2, 0.25) is 0 Å². The lowest BCUT2D eigenvalue weighted by molar-refractivity contribution is 0.354. The van der Waals surface area contributed by atoms with E-state index in [1.807, 2.05) is 25.1 Å². The Bertz CT molecular complexity index is 402. The highest BCUT2D eigenvalue weighted by Gasteiger charge is 2.13. The maximum atomic E-state index is 5.46. The number of nitrogens with two attached hydrogens (primary N) is 1. The van der Waals surface area contributed by atoms with E-state index in [1.165, 1.54) is 0 Å². The average molecular weight is 286 g/mol. The molecule has 0 aromatic heterocycles. The Kier molecular flexibility index (Phi) is 4.83. The third-order valence-corrected chi connectivity index (χ3v) is 3.16. The lowest BCUT2D eigenvalue weighted by atomic mass is 10.1. The van der Waals surface area contributed by atoms with Crippen LogP contribution >= 0.6 is 15.9 Å². The fourth-order valence-electron chi connectivity index (χ4n) is 1.47. The Morgan fingerprint density at radius 2 is 2.06 bits per heavy atom. The molecule has 2 N–H and O–H groups in total. The maximum Gasteiger partial charge on any atom is 0.168 e. The molecule has 0 saturated carbocycles. The molecule has 3 nitrogen and oxygen atoms in total. The minimum absolute atomic E-state index is 0.497. The van der Waals surface area contributed by atoms with Gasteiger partial charge in [-0.2, -0.15) is 0 Å². The van der Waals surface area contributed by atoms with E-state index >= 15 is 0 Å². The molecule has 1 rings (SSSR count). The Hall–Kier alpha value is -1.00. The Balaban J connectivity index is 3.40. The zero-order chi connectivity index (χ0) is 12.1. The summed E-state index contributed by atoms with van der Waals surface area (Å²) >= 11 is 3.49. The second kappa shape index (κ2) is 5.92. The molecule has 1 aromatic rings. The van der Waals surface area contributed by atoms with E-state index in [2.05, 4.69) is 15.9 Å². The van der Waals surface area contributed by atoms with Crippen LogP contribution in [0.25, 0.3) is 6.08 Å². The first-order chi connectivity index (χ1) is 7.65. The fraction of sp³-hybridized carbons (Fsp3) is 0.333. The molecule has 4 heteroatoms. The number of methoxy groups -OCH3 is 2. The Morgan fingerprint density at radius 3 is 2.56 bits per heavy atom. The minimum atomic E-state index is 0.497. The van der Waals surface area contributed by atoms with Crippen LogP contribution in [0.5, 0.6) is 11.5 Å². The molecule has 0 radical (unpaired) electrons. The highest BCUT2D eigenvalue weighted by atomic mass is 79.9. The SMILES string of the molecule is COc1cc(Br)c(C)c(/C=C/CN)c1OC. The lowest BCUT2D eigenvalue weighted by Gasteiger charge is -2.14. The van der Waals surface area contributed by atoms with Gasteiger partial charge in [0.1, 0.15) is 0 Å². The van der Waals surface area contributed by atoms with E-state index in [4.69, 9.17) is 15.2 Å². The van der Waals surface area contributed by atoms with Gasteiger partial charge in [-0.05, 0) is 18.6 Å². The standard InChI is InChI=1S/C12H16BrNO2/c1-8-9(5-4-6-14)12(16-3)11(15-2)7-10(8)13/h4-5,7H,6,14H2,1-3H3/b5-4+.